The van der Waals surface area contributed by atoms with Crippen LogP contribution in [-0.4, -0.2) is 62.6 Å². The fourth-order valence-electron chi connectivity index (χ4n) is 19.3. The second-order valence-corrected chi connectivity index (χ2v) is 28.8. The molecule has 8 aliphatic carbocycles. The van der Waals surface area contributed by atoms with E-state index in [2.05, 4.69) is 92.0 Å². The Balaban J connectivity index is 0.662. The number of hydrogen-bond donors (Lipinski definition) is 2. The van der Waals surface area contributed by atoms with Crippen LogP contribution in [0.25, 0.3) is 0 Å². The molecule has 12 heteroatoms. The van der Waals surface area contributed by atoms with Gasteiger partial charge in [-0.05, 0) is 183 Å². The molecular formula is C67H102N2O10. The Labute approximate surface area is 474 Å². The molecular weight excluding hydrogens is 993 g/mol. The summed E-state index contributed by atoms with van der Waals surface area (Å²) < 4.78 is 27.6. The number of nitrogens with one attached hydrogen (secondary N) is 2. The number of allylic oxidation sites excluding steroid dienone is 2. The SMILES string of the molecule is CC(C)CCC[C@@H](C)[C@H]1CC[C@H]2[C@@H]3CC=C4CC(OC(=O)NCCOC(=O)c5cc(C(=O)OCCNC(=O)OC6CC[C@@]7(C)C(=CC[C@H]8[C@@H]9CC[C@H]([C@H](C)CCCC(C)C)[C@@]9(C)CC[C@@H]87)C6)oc(=O)c5)CC[C@]4(C)[C@H]3CC[C@]12C. The number of ether oxygens (including phenoxy) is 4. The van der Waals surface area contributed by atoms with Crippen molar-refractivity contribution in [1.82, 2.24) is 10.6 Å². The lowest BCUT2D eigenvalue weighted by atomic mass is 9.47. The Morgan fingerprint density at radius 2 is 1.03 bits per heavy atom. The number of carbonyl (C=O) groups excluding carboxylic acids is 4. The maximum atomic E-state index is 13.0. The van der Waals surface area contributed by atoms with Gasteiger partial charge in [-0.1, -0.05) is 131 Å². The summed E-state index contributed by atoms with van der Waals surface area (Å²) in [6.45, 7) is 24.3. The van der Waals surface area contributed by atoms with Crippen LogP contribution in [0.5, 0.6) is 0 Å². The summed E-state index contributed by atoms with van der Waals surface area (Å²) >= 11 is 0. The number of alkyl carbamates (subject to hydrolysis) is 2. The molecule has 0 radical (unpaired) electrons. The lowest BCUT2D eigenvalue weighted by Gasteiger charge is -2.58. The molecule has 2 N–H and O–H groups in total. The maximum absolute atomic E-state index is 13.0. The molecule has 2 unspecified atom stereocenters. The molecule has 6 fully saturated rings. The van der Waals surface area contributed by atoms with Crippen LogP contribution in [0.4, 0.5) is 9.59 Å². The van der Waals surface area contributed by atoms with E-state index in [1.54, 1.807) is 0 Å². The van der Waals surface area contributed by atoms with E-state index < -0.39 is 35.5 Å². The van der Waals surface area contributed by atoms with Gasteiger partial charge < -0.3 is 34.0 Å². The van der Waals surface area contributed by atoms with Crippen molar-refractivity contribution in [2.45, 2.75) is 223 Å². The molecule has 1 heterocycles. The summed E-state index contributed by atoms with van der Waals surface area (Å²) in [6, 6.07) is 2.03. The number of amides is 2. The van der Waals surface area contributed by atoms with Gasteiger partial charge in [0.05, 0.1) is 18.7 Å². The van der Waals surface area contributed by atoms with Crippen molar-refractivity contribution in [3.8, 4) is 0 Å². The van der Waals surface area contributed by atoms with Crippen LogP contribution in [-0.2, 0) is 18.9 Å². The van der Waals surface area contributed by atoms with Crippen molar-refractivity contribution in [3.63, 3.8) is 0 Å². The van der Waals surface area contributed by atoms with Crippen molar-refractivity contribution in [3.05, 3.63) is 57.2 Å². The van der Waals surface area contributed by atoms with Crippen LogP contribution in [0.1, 0.15) is 231 Å². The van der Waals surface area contributed by atoms with E-state index in [-0.39, 0.29) is 54.9 Å². The Bertz CT molecular complexity index is 2300. The lowest BCUT2D eigenvalue weighted by Crippen LogP contribution is -2.51. The zero-order chi connectivity index (χ0) is 56.4. The van der Waals surface area contributed by atoms with Crippen LogP contribution in [0.15, 0.2) is 44.6 Å². The second kappa shape index (κ2) is 24.8. The van der Waals surface area contributed by atoms with Gasteiger partial charge in [0.15, 0.2) is 0 Å². The summed E-state index contributed by atoms with van der Waals surface area (Å²) in [6.07, 6.45) is 29.7. The van der Waals surface area contributed by atoms with E-state index in [9.17, 15) is 24.0 Å². The number of rotatable bonds is 20. The predicted octanol–water partition coefficient (Wildman–Crippen LogP) is 15.2. The molecule has 0 saturated heterocycles. The van der Waals surface area contributed by atoms with Crippen molar-refractivity contribution >= 4 is 24.1 Å². The Morgan fingerprint density at radius 1 is 0.570 bits per heavy atom. The van der Waals surface area contributed by atoms with Gasteiger partial charge in [-0.2, -0.15) is 0 Å². The molecule has 9 rings (SSSR count). The minimum absolute atomic E-state index is 0.00235. The molecule has 0 spiro atoms. The third-order valence-corrected chi connectivity index (χ3v) is 23.5. The van der Waals surface area contributed by atoms with E-state index >= 15 is 0 Å². The summed E-state index contributed by atoms with van der Waals surface area (Å²) in [5.41, 5.74) is 2.96. The van der Waals surface area contributed by atoms with Gasteiger partial charge in [-0.3, -0.25) is 0 Å². The molecule has 0 aliphatic heterocycles. The van der Waals surface area contributed by atoms with E-state index in [1.165, 1.54) is 101 Å². The highest BCUT2D eigenvalue weighted by Gasteiger charge is 2.61. The van der Waals surface area contributed by atoms with E-state index in [0.29, 0.717) is 22.7 Å². The molecule has 2 amide bonds. The average Bonchev–Trinajstić information content (AvgIpc) is 4.15. The monoisotopic (exact) mass is 1090 g/mol. The topological polar surface area (TPSA) is 159 Å². The molecule has 16 atom stereocenters. The molecule has 6 saturated carbocycles. The van der Waals surface area contributed by atoms with Gasteiger partial charge in [0.1, 0.15) is 25.4 Å². The number of fused-ring (bicyclic) bond motifs is 10. The van der Waals surface area contributed by atoms with Crippen molar-refractivity contribution in [2.75, 3.05) is 26.3 Å². The molecule has 1 aromatic rings. The molecule has 0 bridgehead atoms. The number of carbonyl (C=O) groups is 4. The quantitative estimate of drug-likeness (QED) is 0.0557. The van der Waals surface area contributed by atoms with Gasteiger partial charge in [-0.15, -0.1) is 0 Å². The van der Waals surface area contributed by atoms with Gasteiger partial charge >= 0.3 is 29.8 Å². The zero-order valence-electron chi connectivity index (χ0n) is 50.4. The molecule has 1 aromatic heterocycles. The highest BCUT2D eigenvalue weighted by Crippen LogP contribution is 2.69. The molecule has 0 aromatic carbocycles. The molecule has 12 nitrogen and oxygen atoms in total. The highest BCUT2D eigenvalue weighted by molar-refractivity contribution is 5.93. The third-order valence-electron chi connectivity index (χ3n) is 23.5. The fourth-order valence-corrected chi connectivity index (χ4v) is 19.3. The van der Waals surface area contributed by atoms with Crippen LogP contribution < -0.4 is 16.3 Å². The van der Waals surface area contributed by atoms with E-state index in [1.807, 2.05) is 0 Å². The fraction of sp³-hybridized carbons (Fsp3) is 0.806. The summed E-state index contributed by atoms with van der Waals surface area (Å²) in [4.78, 5) is 64.3. The van der Waals surface area contributed by atoms with Crippen molar-refractivity contribution in [2.24, 2.45) is 92.7 Å². The van der Waals surface area contributed by atoms with Crippen LogP contribution in [0, 0.1) is 92.7 Å². The largest absolute Gasteiger partial charge is 0.460 e. The first-order valence-corrected chi connectivity index (χ1v) is 31.9. The molecule has 79 heavy (non-hydrogen) atoms. The van der Waals surface area contributed by atoms with Gasteiger partial charge in [0.2, 0.25) is 5.76 Å². The summed E-state index contributed by atoms with van der Waals surface area (Å²) in [5.74, 6) is 6.92. The molecule has 8 aliphatic rings. The Kier molecular flexibility index (Phi) is 18.7. The Morgan fingerprint density at radius 3 is 1.48 bits per heavy atom. The van der Waals surface area contributed by atoms with Gasteiger partial charge in [0.25, 0.3) is 0 Å². The standard InChI is InChI=1S/C67H102N2O10/c1-41(2)13-11-15-43(5)52-21-23-54-50-19-17-46-39-48(25-29-64(46,7)56(50)27-31-66(52,54)9)77-62(73)68-33-35-75-60(71)45-37-58(79-59(70)38-45)61(72)76-36-34-69-63(74)78-49-26-30-65(8)47(40-49)18-20-51-55-24-22-53(44(6)16-12-14-42(3)4)67(55,10)32-28-57(51)65/h17-18,37-38,41-44,48-57H,11-16,19-36,39-40H2,1-10H3,(H,68,73)(H,69,74)/t43-,44-,48?,49?,50+,51+,52-,53-,54+,55+,56+,57+,64+,65+,66-,67-/m1/s1. The van der Waals surface area contributed by atoms with Crippen molar-refractivity contribution < 1.29 is 42.5 Å². The minimum atomic E-state index is -0.971. The van der Waals surface area contributed by atoms with Gasteiger partial charge in [-0.25, -0.2) is 24.0 Å². The second-order valence-electron chi connectivity index (χ2n) is 28.8. The zero-order valence-corrected chi connectivity index (χ0v) is 50.4. The van der Waals surface area contributed by atoms with E-state index in [4.69, 9.17) is 23.4 Å². The number of esters is 2. The van der Waals surface area contributed by atoms with Gasteiger partial charge in [0, 0.05) is 25.0 Å². The van der Waals surface area contributed by atoms with Crippen molar-refractivity contribution in [1.29, 1.82) is 0 Å². The smallest absolute Gasteiger partial charge is 0.407 e. The first-order valence-electron chi connectivity index (χ1n) is 31.9. The maximum Gasteiger partial charge on any atom is 0.407 e. The normalized spacial score (nSPS) is 36.2. The first-order chi connectivity index (χ1) is 37.6. The number of hydrogen-bond acceptors (Lipinski definition) is 10. The highest BCUT2D eigenvalue weighted by atomic mass is 16.6. The first kappa shape index (κ1) is 59.5. The summed E-state index contributed by atoms with van der Waals surface area (Å²) in [5, 5.41) is 5.41. The predicted molar refractivity (Wildman–Crippen MR) is 308 cm³/mol. The summed E-state index contributed by atoms with van der Waals surface area (Å²) in [7, 11) is 0. The van der Waals surface area contributed by atoms with Crippen LogP contribution in [0.3, 0.4) is 0 Å². The third kappa shape index (κ3) is 12.6. The Hall–Kier alpha value is -4.09. The lowest BCUT2D eigenvalue weighted by molar-refractivity contribution is -0.0581. The average molecular weight is 1100 g/mol. The van der Waals surface area contributed by atoms with Crippen LogP contribution >= 0.6 is 0 Å². The minimum Gasteiger partial charge on any atom is -0.460 e. The van der Waals surface area contributed by atoms with E-state index in [0.717, 1.165) is 123 Å². The molecule has 440 valence electrons. The van der Waals surface area contributed by atoms with Crippen LogP contribution in [0.2, 0.25) is 0 Å².